The average molecular weight is 235 g/mol. The van der Waals surface area contributed by atoms with E-state index in [0.717, 1.165) is 5.56 Å². The summed E-state index contributed by atoms with van der Waals surface area (Å²) in [4.78, 5) is 10.7. The Labute approximate surface area is 95.4 Å². The Bertz CT molecular complexity index is 544. The molecule has 2 rings (SSSR count). The van der Waals surface area contributed by atoms with Gasteiger partial charge in [0.15, 0.2) is 5.03 Å². The number of hydrogen-bond acceptors (Lipinski definition) is 3. The zero-order chi connectivity index (χ0) is 11.4. The number of nitro groups is 1. The van der Waals surface area contributed by atoms with Gasteiger partial charge >= 0.3 is 0 Å². The smallest absolute Gasteiger partial charge is 0.262 e. The van der Waals surface area contributed by atoms with Crippen LogP contribution in [0.25, 0.3) is 0 Å². The van der Waals surface area contributed by atoms with Crippen LogP contribution < -0.4 is 4.80 Å². The van der Waals surface area contributed by atoms with Crippen LogP contribution in [-0.4, -0.2) is 9.60 Å². The van der Waals surface area contributed by atoms with E-state index >= 15 is 0 Å². The van der Waals surface area contributed by atoms with Crippen molar-refractivity contribution in [1.82, 2.24) is 4.57 Å². The number of thiazole rings is 1. The van der Waals surface area contributed by atoms with Crippen LogP contribution in [0.15, 0.2) is 47.0 Å². The van der Waals surface area contributed by atoms with Crippen molar-refractivity contribution in [2.45, 2.75) is 6.54 Å². The number of rotatable bonds is 3. The quantitative estimate of drug-likeness (QED) is 0.600. The molecule has 0 saturated carbocycles. The van der Waals surface area contributed by atoms with E-state index in [4.69, 9.17) is 0 Å². The van der Waals surface area contributed by atoms with Crippen molar-refractivity contribution in [3.05, 3.63) is 62.4 Å². The minimum atomic E-state index is -0.673. The highest BCUT2D eigenvalue weighted by atomic mass is 32.1. The molecule has 0 fully saturated rings. The van der Waals surface area contributed by atoms with Gasteiger partial charge in [0.05, 0.1) is 5.10 Å². The summed E-state index contributed by atoms with van der Waals surface area (Å²) >= 11 is 1.25. The van der Waals surface area contributed by atoms with Crippen molar-refractivity contribution in [1.29, 1.82) is 0 Å². The minimum Gasteiger partial charge on any atom is -0.314 e. The molecule has 2 aromatic rings. The Morgan fingerprint density at radius 1 is 1.38 bits per heavy atom. The Kier molecular flexibility index (Phi) is 3.11. The van der Waals surface area contributed by atoms with Gasteiger partial charge in [0, 0.05) is 18.1 Å². The maximum Gasteiger partial charge on any atom is 0.262 e. The van der Waals surface area contributed by atoms with Gasteiger partial charge in [-0.2, -0.15) is 0 Å². The molecule has 0 saturated heterocycles. The zero-order valence-corrected chi connectivity index (χ0v) is 9.13. The Hall–Kier alpha value is -1.95. The third-order valence-electron chi connectivity index (χ3n) is 2.02. The molecule has 16 heavy (non-hydrogen) atoms. The molecule has 1 heterocycles. The van der Waals surface area contributed by atoms with Crippen molar-refractivity contribution < 1.29 is 5.03 Å². The number of benzene rings is 1. The Balaban J connectivity index is 2.30. The van der Waals surface area contributed by atoms with Gasteiger partial charge in [-0.3, -0.25) is 0 Å². The standard InChI is InChI=1S/C10H9N3O2S/c14-13(15)11-10-12(6-7-16-10)8-9-4-2-1-3-5-9/h1-7H,8H2/b11-10-. The van der Waals surface area contributed by atoms with Crippen molar-refractivity contribution >= 4 is 11.3 Å². The second-order valence-electron chi connectivity index (χ2n) is 3.14. The van der Waals surface area contributed by atoms with E-state index in [2.05, 4.69) is 5.10 Å². The fraction of sp³-hybridized carbons (Fsp3) is 0.100. The molecule has 0 N–H and O–H groups in total. The predicted octanol–water partition coefficient (Wildman–Crippen LogP) is 1.69. The molecule has 0 unspecified atom stereocenters. The first kappa shape index (κ1) is 10.6. The minimum absolute atomic E-state index is 0.397. The number of aromatic nitrogens is 1. The summed E-state index contributed by atoms with van der Waals surface area (Å²) in [5, 5.41) is 14.7. The monoisotopic (exact) mass is 235 g/mol. The van der Waals surface area contributed by atoms with E-state index in [1.165, 1.54) is 11.3 Å². The van der Waals surface area contributed by atoms with Gasteiger partial charge in [-0.25, -0.2) is 10.1 Å². The van der Waals surface area contributed by atoms with Crippen LogP contribution in [-0.2, 0) is 6.54 Å². The number of hydrogen-bond donors (Lipinski definition) is 0. The highest BCUT2D eigenvalue weighted by Crippen LogP contribution is 2.01. The van der Waals surface area contributed by atoms with Crippen LogP contribution in [0, 0.1) is 10.1 Å². The van der Waals surface area contributed by atoms with E-state index in [1.54, 1.807) is 16.1 Å². The molecule has 82 valence electrons. The predicted molar refractivity (Wildman–Crippen MR) is 60.4 cm³/mol. The lowest BCUT2D eigenvalue weighted by molar-refractivity contribution is -0.490. The van der Waals surface area contributed by atoms with Crippen LogP contribution in [0.5, 0.6) is 0 Å². The average Bonchev–Trinajstić information content (AvgIpc) is 2.66. The third-order valence-corrected chi connectivity index (χ3v) is 2.81. The second kappa shape index (κ2) is 4.71. The molecule has 0 amide bonds. The highest BCUT2D eigenvalue weighted by Gasteiger charge is 2.00. The molecular weight excluding hydrogens is 226 g/mol. The molecular formula is C10H9N3O2S. The molecule has 0 atom stereocenters. The summed E-state index contributed by atoms with van der Waals surface area (Å²) in [6.45, 7) is 0.594. The van der Waals surface area contributed by atoms with Crippen molar-refractivity contribution in [2.75, 3.05) is 0 Å². The summed E-state index contributed by atoms with van der Waals surface area (Å²) in [7, 11) is 0. The van der Waals surface area contributed by atoms with Crippen LogP contribution in [0.3, 0.4) is 0 Å². The van der Waals surface area contributed by atoms with Crippen molar-refractivity contribution in [3.8, 4) is 0 Å². The van der Waals surface area contributed by atoms with Gasteiger partial charge in [0.2, 0.25) is 0 Å². The Morgan fingerprint density at radius 3 is 2.81 bits per heavy atom. The molecule has 5 nitrogen and oxygen atoms in total. The third kappa shape index (κ3) is 2.54. The van der Waals surface area contributed by atoms with E-state index in [-0.39, 0.29) is 0 Å². The van der Waals surface area contributed by atoms with E-state index in [0.29, 0.717) is 11.3 Å². The second-order valence-corrected chi connectivity index (χ2v) is 4.01. The Morgan fingerprint density at radius 2 is 2.12 bits per heavy atom. The fourth-order valence-electron chi connectivity index (χ4n) is 1.35. The van der Waals surface area contributed by atoms with Crippen LogP contribution >= 0.6 is 11.3 Å². The molecule has 0 aliphatic heterocycles. The molecule has 0 spiro atoms. The topological polar surface area (TPSA) is 60.4 Å². The largest absolute Gasteiger partial charge is 0.314 e. The molecule has 6 heteroatoms. The summed E-state index contributed by atoms with van der Waals surface area (Å²) in [6.07, 6.45) is 1.79. The SMILES string of the molecule is O=[N+]([O-])/N=c1\sccn1Cc1ccccc1. The summed E-state index contributed by atoms with van der Waals surface area (Å²) in [5.41, 5.74) is 1.09. The molecule has 1 aromatic heterocycles. The highest BCUT2D eigenvalue weighted by molar-refractivity contribution is 7.07. The fourth-order valence-corrected chi connectivity index (χ4v) is 2.05. The molecule has 0 radical (unpaired) electrons. The van der Waals surface area contributed by atoms with E-state index in [1.807, 2.05) is 30.3 Å². The normalized spacial score (nSPS) is 11.6. The van der Waals surface area contributed by atoms with Gasteiger partial charge in [0.25, 0.3) is 4.80 Å². The first-order chi connectivity index (χ1) is 7.75. The summed E-state index contributed by atoms with van der Waals surface area (Å²) in [5.74, 6) is 0. The van der Waals surface area contributed by atoms with E-state index < -0.39 is 5.03 Å². The molecule has 0 bridgehead atoms. The lowest BCUT2D eigenvalue weighted by Gasteiger charge is -2.00. The van der Waals surface area contributed by atoms with Crippen LogP contribution in [0.4, 0.5) is 0 Å². The van der Waals surface area contributed by atoms with Crippen molar-refractivity contribution in [3.63, 3.8) is 0 Å². The van der Waals surface area contributed by atoms with Gasteiger partial charge < -0.3 is 4.57 Å². The van der Waals surface area contributed by atoms with Gasteiger partial charge in [-0.1, -0.05) is 41.7 Å². The lowest BCUT2D eigenvalue weighted by Crippen LogP contribution is -2.16. The van der Waals surface area contributed by atoms with E-state index in [9.17, 15) is 10.1 Å². The van der Waals surface area contributed by atoms with Crippen LogP contribution in [0.1, 0.15) is 5.56 Å². The summed E-state index contributed by atoms with van der Waals surface area (Å²) < 4.78 is 1.75. The molecule has 1 aromatic carbocycles. The van der Waals surface area contributed by atoms with Gasteiger partial charge in [0.1, 0.15) is 0 Å². The molecule has 0 aliphatic carbocycles. The first-order valence-corrected chi connectivity index (χ1v) is 5.50. The maximum atomic E-state index is 10.3. The maximum absolute atomic E-state index is 10.3. The van der Waals surface area contributed by atoms with Gasteiger partial charge in [-0.05, 0) is 5.56 Å². The van der Waals surface area contributed by atoms with Crippen LogP contribution in [0.2, 0.25) is 0 Å². The summed E-state index contributed by atoms with van der Waals surface area (Å²) in [6, 6.07) is 9.75. The lowest BCUT2D eigenvalue weighted by atomic mass is 10.2. The van der Waals surface area contributed by atoms with Gasteiger partial charge in [-0.15, -0.1) is 0 Å². The first-order valence-electron chi connectivity index (χ1n) is 4.62. The number of nitrogens with zero attached hydrogens (tertiary/aromatic N) is 3. The zero-order valence-electron chi connectivity index (χ0n) is 8.31. The van der Waals surface area contributed by atoms with Crippen molar-refractivity contribution in [2.24, 2.45) is 5.10 Å². The molecule has 0 aliphatic rings.